The fourth-order valence-corrected chi connectivity index (χ4v) is 4.65. The first-order valence-corrected chi connectivity index (χ1v) is 10.0. The van der Waals surface area contributed by atoms with Crippen LogP contribution in [-0.2, 0) is 15.1 Å². The normalized spacial score (nSPS) is 28.8. The minimum atomic E-state index is -0.838. The third kappa shape index (κ3) is 3.16. The highest BCUT2D eigenvalue weighted by Gasteiger charge is 2.52. The Morgan fingerprint density at radius 2 is 1.82 bits per heavy atom. The Labute approximate surface area is 163 Å². The Hall–Kier alpha value is -2.44. The molecule has 3 aliphatic rings. The summed E-state index contributed by atoms with van der Waals surface area (Å²) in [5.74, 6) is -0.435. The molecule has 1 spiro atoms. The summed E-state index contributed by atoms with van der Waals surface area (Å²) in [6.45, 7) is 1.86. The second kappa shape index (κ2) is 6.87. The average molecular weight is 387 g/mol. The topological polar surface area (TPSA) is 78.5 Å². The monoisotopic (exact) mass is 387 g/mol. The van der Waals surface area contributed by atoms with Crippen LogP contribution in [0.25, 0.3) is 0 Å². The Morgan fingerprint density at radius 3 is 2.39 bits per heavy atom. The molecule has 0 bridgehead atoms. The van der Waals surface area contributed by atoms with E-state index in [2.05, 4.69) is 17.6 Å². The van der Waals surface area contributed by atoms with Crippen LogP contribution in [0.3, 0.4) is 0 Å². The minimum Gasteiger partial charge on any atom is -0.345 e. The standard InChI is InChI=1S/C21H26FN3O3/c1-14-7-11-21(12-8-14)18(27)25(19(28)24-21)13-17(26)23-20(9-2-10-20)15-3-5-16(22)6-4-15/h3-6,14H,2,7-13H2,1H3,(H,23,26)(H,24,28). The molecule has 1 aromatic rings. The summed E-state index contributed by atoms with van der Waals surface area (Å²) in [5.41, 5.74) is -0.528. The molecule has 0 atom stereocenters. The lowest BCUT2D eigenvalue weighted by molar-refractivity contribution is -0.137. The third-order valence-electron chi connectivity index (χ3n) is 6.66. The highest BCUT2D eigenvalue weighted by atomic mass is 19.1. The molecule has 2 saturated carbocycles. The van der Waals surface area contributed by atoms with Gasteiger partial charge in [-0.3, -0.25) is 14.5 Å². The highest BCUT2D eigenvalue weighted by molar-refractivity contribution is 6.09. The molecule has 1 aromatic carbocycles. The number of rotatable bonds is 4. The van der Waals surface area contributed by atoms with E-state index in [0.29, 0.717) is 18.8 Å². The molecule has 0 radical (unpaired) electrons. The van der Waals surface area contributed by atoms with Crippen molar-refractivity contribution >= 4 is 17.8 Å². The molecule has 3 fully saturated rings. The van der Waals surface area contributed by atoms with E-state index in [1.807, 2.05) is 0 Å². The molecule has 2 N–H and O–H groups in total. The molecule has 4 rings (SSSR count). The van der Waals surface area contributed by atoms with Crippen molar-refractivity contribution in [3.8, 4) is 0 Å². The predicted octanol–water partition coefficient (Wildman–Crippen LogP) is 2.82. The summed E-state index contributed by atoms with van der Waals surface area (Å²) in [6.07, 6.45) is 5.49. The van der Waals surface area contributed by atoms with E-state index < -0.39 is 17.1 Å². The van der Waals surface area contributed by atoms with E-state index >= 15 is 0 Å². The third-order valence-corrected chi connectivity index (χ3v) is 6.66. The molecule has 0 unspecified atom stereocenters. The van der Waals surface area contributed by atoms with Gasteiger partial charge < -0.3 is 10.6 Å². The zero-order valence-electron chi connectivity index (χ0n) is 16.1. The van der Waals surface area contributed by atoms with Crippen LogP contribution in [0.4, 0.5) is 9.18 Å². The molecule has 1 aliphatic heterocycles. The van der Waals surface area contributed by atoms with Crippen molar-refractivity contribution in [1.29, 1.82) is 0 Å². The fraction of sp³-hybridized carbons (Fsp3) is 0.571. The second-order valence-corrected chi connectivity index (χ2v) is 8.58. The van der Waals surface area contributed by atoms with Crippen LogP contribution in [0.15, 0.2) is 24.3 Å². The smallest absolute Gasteiger partial charge is 0.325 e. The van der Waals surface area contributed by atoms with Crippen molar-refractivity contribution < 1.29 is 18.8 Å². The van der Waals surface area contributed by atoms with Crippen LogP contribution in [0.1, 0.15) is 57.4 Å². The van der Waals surface area contributed by atoms with Gasteiger partial charge in [0.1, 0.15) is 17.9 Å². The second-order valence-electron chi connectivity index (χ2n) is 8.58. The number of benzene rings is 1. The van der Waals surface area contributed by atoms with E-state index in [1.54, 1.807) is 12.1 Å². The van der Waals surface area contributed by atoms with Crippen molar-refractivity contribution in [2.75, 3.05) is 6.54 Å². The zero-order chi connectivity index (χ0) is 19.9. The van der Waals surface area contributed by atoms with Gasteiger partial charge in [-0.1, -0.05) is 19.1 Å². The maximum atomic E-state index is 13.2. The van der Waals surface area contributed by atoms with E-state index in [4.69, 9.17) is 0 Å². The van der Waals surface area contributed by atoms with Crippen molar-refractivity contribution in [2.45, 2.75) is 62.9 Å². The molecule has 2 aliphatic carbocycles. The van der Waals surface area contributed by atoms with Gasteiger partial charge in [-0.15, -0.1) is 0 Å². The number of halogens is 1. The summed E-state index contributed by atoms with van der Waals surface area (Å²) < 4.78 is 13.2. The summed E-state index contributed by atoms with van der Waals surface area (Å²) >= 11 is 0. The number of hydrogen-bond acceptors (Lipinski definition) is 3. The Balaban J connectivity index is 1.44. The number of carbonyl (C=O) groups excluding carboxylic acids is 3. The molecule has 150 valence electrons. The fourth-order valence-electron chi connectivity index (χ4n) is 4.65. The zero-order valence-corrected chi connectivity index (χ0v) is 16.1. The number of urea groups is 1. The van der Waals surface area contributed by atoms with Gasteiger partial charge in [-0.05, 0) is 68.6 Å². The van der Waals surface area contributed by atoms with Gasteiger partial charge in [0.25, 0.3) is 5.91 Å². The molecular weight excluding hydrogens is 361 g/mol. The lowest BCUT2D eigenvalue weighted by Gasteiger charge is -2.43. The van der Waals surface area contributed by atoms with E-state index in [0.717, 1.165) is 42.6 Å². The summed E-state index contributed by atoms with van der Waals surface area (Å²) in [4.78, 5) is 39.1. The predicted molar refractivity (Wildman–Crippen MR) is 101 cm³/mol. The highest BCUT2D eigenvalue weighted by Crippen LogP contribution is 2.41. The first-order valence-electron chi connectivity index (χ1n) is 10.0. The van der Waals surface area contributed by atoms with Gasteiger partial charge in [-0.2, -0.15) is 0 Å². The number of nitrogens with one attached hydrogen (secondary N) is 2. The first-order chi connectivity index (χ1) is 13.3. The summed E-state index contributed by atoms with van der Waals surface area (Å²) in [6, 6.07) is 5.64. The molecular formula is C21H26FN3O3. The average Bonchev–Trinajstić information content (AvgIpc) is 2.86. The summed E-state index contributed by atoms with van der Waals surface area (Å²) in [5, 5.41) is 5.84. The van der Waals surface area contributed by atoms with E-state index in [1.165, 1.54) is 12.1 Å². The number of hydrogen-bond donors (Lipinski definition) is 2. The number of nitrogens with zero attached hydrogens (tertiary/aromatic N) is 1. The number of carbonyl (C=O) groups is 3. The molecule has 6 nitrogen and oxygen atoms in total. The summed E-state index contributed by atoms with van der Waals surface area (Å²) in [7, 11) is 0. The van der Waals surface area contributed by atoms with Gasteiger partial charge in [0.05, 0.1) is 5.54 Å². The van der Waals surface area contributed by atoms with Gasteiger partial charge in [0.15, 0.2) is 0 Å². The van der Waals surface area contributed by atoms with Crippen LogP contribution in [0, 0.1) is 11.7 Å². The minimum absolute atomic E-state index is 0.287. The Bertz CT molecular complexity index is 796. The van der Waals surface area contributed by atoms with Crippen molar-refractivity contribution in [3.05, 3.63) is 35.6 Å². The lowest BCUT2D eigenvalue weighted by atomic mass is 9.71. The largest absolute Gasteiger partial charge is 0.345 e. The number of imide groups is 1. The Kier molecular flexibility index (Phi) is 4.63. The van der Waals surface area contributed by atoms with E-state index in [9.17, 15) is 18.8 Å². The van der Waals surface area contributed by atoms with Crippen molar-refractivity contribution in [1.82, 2.24) is 15.5 Å². The van der Waals surface area contributed by atoms with Crippen LogP contribution in [0.5, 0.6) is 0 Å². The quantitative estimate of drug-likeness (QED) is 0.780. The maximum Gasteiger partial charge on any atom is 0.325 e. The van der Waals surface area contributed by atoms with Gasteiger partial charge >= 0.3 is 6.03 Å². The molecule has 1 saturated heterocycles. The van der Waals surface area contributed by atoms with Gasteiger partial charge in [-0.25, -0.2) is 9.18 Å². The maximum absolute atomic E-state index is 13.2. The van der Waals surface area contributed by atoms with Crippen LogP contribution in [-0.4, -0.2) is 34.8 Å². The van der Waals surface area contributed by atoms with E-state index in [-0.39, 0.29) is 24.2 Å². The molecule has 28 heavy (non-hydrogen) atoms. The van der Waals surface area contributed by atoms with Crippen molar-refractivity contribution in [2.24, 2.45) is 5.92 Å². The van der Waals surface area contributed by atoms with Crippen LogP contribution < -0.4 is 10.6 Å². The SMILES string of the molecule is CC1CCC2(CC1)NC(=O)N(CC(=O)NC1(c3ccc(F)cc3)CCC1)C2=O. The lowest BCUT2D eigenvalue weighted by Crippen LogP contribution is -2.54. The molecule has 4 amide bonds. The van der Waals surface area contributed by atoms with Gasteiger partial charge in [0, 0.05) is 0 Å². The van der Waals surface area contributed by atoms with Gasteiger partial charge in [0.2, 0.25) is 5.91 Å². The Morgan fingerprint density at radius 1 is 1.18 bits per heavy atom. The van der Waals surface area contributed by atoms with Crippen LogP contribution in [0.2, 0.25) is 0 Å². The molecule has 7 heteroatoms. The van der Waals surface area contributed by atoms with Crippen LogP contribution >= 0.6 is 0 Å². The molecule has 0 aromatic heterocycles. The van der Waals surface area contributed by atoms with Crippen molar-refractivity contribution in [3.63, 3.8) is 0 Å². The molecule has 1 heterocycles. The first kappa shape index (κ1) is 18.9. The number of amides is 4.